The largest absolute Gasteiger partial charge is 0.490 e. The second kappa shape index (κ2) is 12.4. The van der Waals surface area contributed by atoms with E-state index in [1.165, 1.54) is 0 Å². The number of alkyl halides is 3. The smallest absolute Gasteiger partial charge is 0.475 e. The first-order valence-corrected chi connectivity index (χ1v) is 12.1. The van der Waals surface area contributed by atoms with Gasteiger partial charge in [-0.1, -0.05) is 29.4 Å². The number of piperidine rings is 2. The van der Waals surface area contributed by atoms with Crippen molar-refractivity contribution in [2.45, 2.75) is 51.3 Å². The van der Waals surface area contributed by atoms with Crippen LogP contribution in [0.5, 0.6) is 0 Å². The standard InChI is InChI=1S/C23H31N3O3.C2HF3O2/c1-16-4-2-3-5-20(16)22(27)18-8-12-26(13-9-18)23(28)21-15-19(29-25-21)14-17-6-10-24-11-7-17;3-2(4,5)1(6)7/h2-5,15,17-18,22,24,27H,6-14H2,1H3;(H,6,7). The van der Waals surface area contributed by atoms with Gasteiger partial charge in [0, 0.05) is 25.6 Å². The summed E-state index contributed by atoms with van der Waals surface area (Å²) in [6, 6.07) is 9.80. The number of halogens is 3. The van der Waals surface area contributed by atoms with Crippen molar-refractivity contribution in [2.75, 3.05) is 26.2 Å². The topological polar surface area (TPSA) is 116 Å². The van der Waals surface area contributed by atoms with Crippen LogP contribution in [0.2, 0.25) is 0 Å². The number of carboxylic acid groups (broad SMARTS) is 1. The lowest BCUT2D eigenvalue weighted by molar-refractivity contribution is -0.192. The average Bonchev–Trinajstić information content (AvgIpc) is 3.32. The molecule has 1 unspecified atom stereocenters. The van der Waals surface area contributed by atoms with Crippen molar-refractivity contribution in [1.82, 2.24) is 15.4 Å². The maximum absolute atomic E-state index is 12.8. The molecule has 1 amide bonds. The summed E-state index contributed by atoms with van der Waals surface area (Å²) in [5.74, 6) is -1.23. The number of carbonyl (C=O) groups excluding carboxylic acids is 1. The highest BCUT2D eigenvalue weighted by molar-refractivity contribution is 5.92. The zero-order valence-electron chi connectivity index (χ0n) is 20.1. The number of likely N-dealkylation sites (tertiary alicyclic amines) is 1. The zero-order valence-corrected chi connectivity index (χ0v) is 20.1. The molecule has 0 aliphatic carbocycles. The van der Waals surface area contributed by atoms with Gasteiger partial charge >= 0.3 is 12.1 Å². The van der Waals surface area contributed by atoms with E-state index in [9.17, 15) is 23.1 Å². The Morgan fingerprint density at radius 2 is 1.78 bits per heavy atom. The lowest BCUT2D eigenvalue weighted by Crippen LogP contribution is -2.40. The van der Waals surface area contributed by atoms with Crippen LogP contribution in [0.3, 0.4) is 0 Å². The lowest BCUT2D eigenvalue weighted by Gasteiger charge is -2.34. The monoisotopic (exact) mass is 511 g/mol. The van der Waals surface area contributed by atoms with Gasteiger partial charge < -0.3 is 25.0 Å². The highest BCUT2D eigenvalue weighted by Gasteiger charge is 2.38. The van der Waals surface area contributed by atoms with Gasteiger partial charge in [-0.05, 0) is 68.7 Å². The number of amides is 1. The van der Waals surface area contributed by atoms with Gasteiger partial charge in [-0.3, -0.25) is 4.79 Å². The molecule has 4 rings (SSSR count). The van der Waals surface area contributed by atoms with Crippen LogP contribution in [0.4, 0.5) is 13.2 Å². The van der Waals surface area contributed by atoms with E-state index in [-0.39, 0.29) is 11.8 Å². The number of aliphatic hydroxyl groups is 1. The summed E-state index contributed by atoms with van der Waals surface area (Å²) in [7, 11) is 0. The Bertz CT molecular complexity index is 1010. The molecule has 0 spiro atoms. The molecule has 2 saturated heterocycles. The predicted molar refractivity (Wildman–Crippen MR) is 124 cm³/mol. The Morgan fingerprint density at radius 1 is 1.17 bits per heavy atom. The number of aryl methyl sites for hydroxylation is 1. The summed E-state index contributed by atoms with van der Waals surface area (Å²) in [6.45, 7) is 5.41. The molecule has 2 aliphatic rings. The van der Waals surface area contributed by atoms with Crippen LogP contribution in [0, 0.1) is 18.8 Å². The van der Waals surface area contributed by atoms with Gasteiger partial charge in [0.2, 0.25) is 0 Å². The second-order valence-electron chi connectivity index (χ2n) is 9.31. The molecule has 8 nitrogen and oxygen atoms in total. The molecule has 0 radical (unpaired) electrons. The Morgan fingerprint density at radius 3 is 2.36 bits per heavy atom. The molecule has 3 heterocycles. The van der Waals surface area contributed by atoms with E-state index in [0.717, 1.165) is 62.1 Å². The summed E-state index contributed by atoms with van der Waals surface area (Å²) in [4.78, 5) is 23.6. The Labute approximate surface area is 207 Å². The lowest BCUT2D eigenvalue weighted by atomic mass is 9.86. The predicted octanol–water partition coefficient (Wildman–Crippen LogP) is 3.74. The number of hydrogen-bond acceptors (Lipinski definition) is 6. The quantitative estimate of drug-likeness (QED) is 0.560. The first-order valence-electron chi connectivity index (χ1n) is 12.1. The molecule has 2 fully saturated rings. The van der Waals surface area contributed by atoms with E-state index >= 15 is 0 Å². The number of aliphatic carboxylic acids is 1. The van der Waals surface area contributed by atoms with E-state index in [1.54, 1.807) is 0 Å². The van der Waals surface area contributed by atoms with E-state index < -0.39 is 18.2 Å². The van der Waals surface area contributed by atoms with Crippen molar-refractivity contribution < 1.29 is 37.5 Å². The highest BCUT2D eigenvalue weighted by atomic mass is 19.4. The van der Waals surface area contributed by atoms with Crippen molar-refractivity contribution in [1.29, 1.82) is 0 Å². The van der Waals surface area contributed by atoms with Crippen LogP contribution in [0.1, 0.15) is 59.2 Å². The molecular weight excluding hydrogens is 479 g/mol. The van der Waals surface area contributed by atoms with Gasteiger partial charge in [0.15, 0.2) is 5.69 Å². The maximum atomic E-state index is 12.8. The van der Waals surface area contributed by atoms with Crippen LogP contribution in [-0.2, 0) is 11.2 Å². The molecule has 11 heteroatoms. The van der Waals surface area contributed by atoms with Gasteiger partial charge in [0.25, 0.3) is 5.91 Å². The Hall–Kier alpha value is -2.92. The van der Waals surface area contributed by atoms with E-state index in [4.69, 9.17) is 14.4 Å². The summed E-state index contributed by atoms with van der Waals surface area (Å²) in [5.41, 5.74) is 2.52. The first-order chi connectivity index (χ1) is 17.1. The van der Waals surface area contributed by atoms with Crippen molar-refractivity contribution >= 4 is 11.9 Å². The fourth-order valence-corrected chi connectivity index (χ4v) is 4.63. The van der Waals surface area contributed by atoms with E-state index in [0.29, 0.717) is 24.7 Å². The van der Waals surface area contributed by atoms with Gasteiger partial charge in [0.1, 0.15) is 5.76 Å². The third-order valence-electron chi connectivity index (χ3n) is 6.75. The van der Waals surface area contributed by atoms with Crippen molar-refractivity contribution in [2.24, 2.45) is 11.8 Å². The van der Waals surface area contributed by atoms with Crippen LogP contribution < -0.4 is 5.32 Å². The summed E-state index contributed by atoms with van der Waals surface area (Å²) in [5, 5.41) is 25.3. The average molecular weight is 512 g/mol. The van der Waals surface area contributed by atoms with Crippen LogP contribution >= 0.6 is 0 Å². The number of carboxylic acids is 1. The minimum atomic E-state index is -5.08. The van der Waals surface area contributed by atoms with Crippen LogP contribution in [0.25, 0.3) is 0 Å². The molecule has 198 valence electrons. The maximum Gasteiger partial charge on any atom is 0.490 e. The third-order valence-corrected chi connectivity index (χ3v) is 6.75. The fraction of sp³-hybridized carbons (Fsp3) is 0.560. The molecule has 1 atom stereocenters. The van der Waals surface area contributed by atoms with Crippen molar-refractivity contribution in [3.8, 4) is 0 Å². The van der Waals surface area contributed by atoms with Gasteiger partial charge in [-0.15, -0.1) is 0 Å². The number of aromatic nitrogens is 1. The SMILES string of the molecule is Cc1ccccc1C(O)C1CCN(C(=O)c2cc(CC3CCNCC3)on2)CC1.O=C(O)C(F)(F)F. The highest BCUT2D eigenvalue weighted by Crippen LogP contribution is 2.32. The van der Waals surface area contributed by atoms with E-state index in [1.807, 2.05) is 42.2 Å². The number of carbonyl (C=O) groups is 2. The number of rotatable bonds is 5. The molecule has 36 heavy (non-hydrogen) atoms. The molecule has 0 saturated carbocycles. The minimum Gasteiger partial charge on any atom is -0.475 e. The number of nitrogens with one attached hydrogen (secondary N) is 1. The summed E-state index contributed by atoms with van der Waals surface area (Å²) in [6.07, 6.45) is -0.840. The molecule has 0 bridgehead atoms. The number of nitrogens with zero attached hydrogens (tertiary/aromatic N) is 2. The number of benzene rings is 1. The third kappa shape index (κ3) is 7.54. The number of hydrogen-bond donors (Lipinski definition) is 3. The minimum absolute atomic E-state index is 0.0610. The summed E-state index contributed by atoms with van der Waals surface area (Å²) < 4.78 is 37.2. The molecular formula is C25H32F3N3O5. The summed E-state index contributed by atoms with van der Waals surface area (Å²) >= 11 is 0. The Balaban J connectivity index is 0.000000454. The molecule has 1 aromatic carbocycles. The van der Waals surface area contributed by atoms with Crippen molar-refractivity contribution in [3.63, 3.8) is 0 Å². The second-order valence-corrected chi connectivity index (χ2v) is 9.31. The fourth-order valence-electron chi connectivity index (χ4n) is 4.63. The molecule has 3 N–H and O–H groups in total. The first kappa shape index (κ1) is 27.7. The van der Waals surface area contributed by atoms with Crippen LogP contribution in [-0.4, -0.2) is 64.5 Å². The van der Waals surface area contributed by atoms with Gasteiger partial charge in [0.05, 0.1) is 6.10 Å². The van der Waals surface area contributed by atoms with Gasteiger partial charge in [-0.25, -0.2) is 4.79 Å². The molecule has 1 aromatic heterocycles. The molecule has 2 aromatic rings. The van der Waals surface area contributed by atoms with E-state index in [2.05, 4.69) is 10.5 Å². The van der Waals surface area contributed by atoms with Crippen molar-refractivity contribution in [3.05, 3.63) is 52.9 Å². The van der Waals surface area contributed by atoms with Crippen LogP contribution in [0.15, 0.2) is 34.9 Å². The zero-order chi connectivity index (χ0) is 26.3. The molecule has 2 aliphatic heterocycles. The van der Waals surface area contributed by atoms with Gasteiger partial charge in [-0.2, -0.15) is 13.2 Å². The Kier molecular flexibility index (Phi) is 9.49. The number of aliphatic hydroxyl groups excluding tert-OH is 1. The normalized spacial score (nSPS) is 18.3.